The Bertz CT molecular complexity index is 500. The number of hydrogen-bond donors (Lipinski definition) is 2. The molecule has 1 heterocycles. The van der Waals surface area contributed by atoms with E-state index in [0.29, 0.717) is 0 Å². The van der Waals surface area contributed by atoms with Crippen molar-refractivity contribution in [3.8, 4) is 0 Å². The monoisotopic (exact) mass is 339 g/mol. The minimum Gasteiger partial charge on any atom is -0.395 e. The predicted molar refractivity (Wildman–Crippen MR) is 84.6 cm³/mol. The molecule has 0 aliphatic rings. The fraction of sp³-hybridized carbons (Fsp3) is 0.333. The number of aliphatic hydroxyl groups is 1. The fourth-order valence-electron chi connectivity index (χ4n) is 2.12. The van der Waals surface area contributed by atoms with Crippen LogP contribution in [-0.2, 0) is 6.42 Å². The molecule has 1 unspecified atom stereocenters. The van der Waals surface area contributed by atoms with Crippen molar-refractivity contribution in [2.75, 3.05) is 6.61 Å². The summed E-state index contributed by atoms with van der Waals surface area (Å²) in [4.78, 5) is 1.27. The van der Waals surface area contributed by atoms with Crippen LogP contribution >= 0.6 is 27.3 Å². The average Bonchev–Trinajstić information content (AvgIpc) is 2.85. The van der Waals surface area contributed by atoms with E-state index in [9.17, 15) is 5.11 Å². The van der Waals surface area contributed by atoms with Gasteiger partial charge in [0.1, 0.15) is 0 Å². The maximum Gasteiger partial charge on any atom is 0.0588 e. The van der Waals surface area contributed by atoms with Crippen molar-refractivity contribution in [1.82, 2.24) is 5.32 Å². The molecule has 0 aliphatic heterocycles. The van der Waals surface area contributed by atoms with Crippen molar-refractivity contribution in [2.45, 2.75) is 25.4 Å². The van der Waals surface area contributed by atoms with Crippen LogP contribution < -0.4 is 5.32 Å². The van der Waals surface area contributed by atoms with Crippen molar-refractivity contribution in [2.24, 2.45) is 0 Å². The Morgan fingerprint density at radius 3 is 2.58 bits per heavy atom. The first-order valence-corrected chi connectivity index (χ1v) is 8.01. The molecule has 0 spiro atoms. The predicted octanol–water partition coefficient (Wildman–Crippen LogP) is 3.76. The van der Waals surface area contributed by atoms with Crippen LogP contribution in [0.5, 0.6) is 0 Å². The molecule has 2 aromatic rings. The third-order valence-electron chi connectivity index (χ3n) is 3.07. The Balaban J connectivity index is 1.98. The molecule has 0 bridgehead atoms. The van der Waals surface area contributed by atoms with Crippen LogP contribution in [0, 0.1) is 0 Å². The molecule has 19 heavy (non-hydrogen) atoms. The van der Waals surface area contributed by atoms with E-state index in [1.54, 1.807) is 11.3 Å². The molecule has 2 rings (SSSR count). The lowest BCUT2D eigenvalue weighted by Gasteiger charge is -2.21. The topological polar surface area (TPSA) is 32.3 Å². The second kappa shape index (κ2) is 7.20. The van der Waals surface area contributed by atoms with Crippen molar-refractivity contribution >= 4 is 27.3 Å². The number of aliphatic hydroxyl groups excluding tert-OH is 1. The van der Waals surface area contributed by atoms with E-state index in [0.717, 1.165) is 10.9 Å². The molecule has 0 amide bonds. The van der Waals surface area contributed by atoms with Crippen LogP contribution in [0.2, 0.25) is 0 Å². The summed E-state index contributed by atoms with van der Waals surface area (Å²) in [5, 5.41) is 15.1. The van der Waals surface area contributed by atoms with Crippen LogP contribution in [0.1, 0.15) is 23.4 Å². The molecule has 0 radical (unpaired) electrons. The summed E-state index contributed by atoms with van der Waals surface area (Å²) in [5.41, 5.74) is 1.24. The highest BCUT2D eigenvalue weighted by atomic mass is 79.9. The number of rotatable bonds is 6. The summed E-state index contributed by atoms with van der Waals surface area (Å²) in [6.45, 7) is 2.27. The summed E-state index contributed by atoms with van der Waals surface area (Å²) in [5.74, 6) is 0. The van der Waals surface area contributed by atoms with Gasteiger partial charge in [0.2, 0.25) is 0 Å². The van der Waals surface area contributed by atoms with E-state index in [4.69, 9.17) is 0 Å². The second-order valence-electron chi connectivity index (χ2n) is 4.59. The molecular formula is C15H18BrNOS. The molecule has 102 valence electrons. The van der Waals surface area contributed by atoms with Crippen LogP contribution in [0.25, 0.3) is 0 Å². The normalized spacial score (nSPS) is 14.3. The minimum atomic E-state index is 0.0754. The van der Waals surface area contributed by atoms with Crippen molar-refractivity contribution < 1.29 is 5.11 Å². The summed E-state index contributed by atoms with van der Waals surface area (Å²) in [6, 6.07) is 12.6. The summed E-state index contributed by atoms with van der Waals surface area (Å²) in [6.07, 6.45) is 0.838. The zero-order valence-corrected chi connectivity index (χ0v) is 13.2. The average molecular weight is 340 g/mol. The number of benzene rings is 1. The van der Waals surface area contributed by atoms with Crippen LogP contribution in [0.4, 0.5) is 0 Å². The first-order chi connectivity index (χ1) is 9.20. The third-order valence-corrected chi connectivity index (χ3v) is 5.12. The first kappa shape index (κ1) is 14.7. The van der Waals surface area contributed by atoms with E-state index in [1.807, 2.05) is 18.2 Å². The van der Waals surface area contributed by atoms with E-state index in [1.165, 1.54) is 10.4 Å². The Hall–Kier alpha value is -0.680. The van der Waals surface area contributed by atoms with Crippen LogP contribution in [-0.4, -0.2) is 17.8 Å². The van der Waals surface area contributed by atoms with E-state index < -0.39 is 0 Å². The lowest BCUT2D eigenvalue weighted by molar-refractivity contribution is 0.233. The highest BCUT2D eigenvalue weighted by Gasteiger charge is 2.16. The Kier molecular flexibility index (Phi) is 5.58. The van der Waals surface area contributed by atoms with Gasteiger partial charge < -0.3 is 10.4 Å². The van der Waals surface area contributed by atoms with Gasteiger partial charge in [-0.2, -0.15) is 0 Å². The highest BCUT2D eigenvalue weighted by molar-refractivity contribution is 9.10. The summed E-state index contributed by atoms with van der Waals surface area (Å²) < 4.78 is 1.13. The standard InChI is InChI=1S/C15H18BrNOS/c1-11(15-14(16)7-8-19-15)17-13(10-18)9-12-5-3-2-4-6-12/h2-8,11,13,17-18H,9-10H2,1H3/t11?,13-/m1/s1. The molecule has 0 aliphatic carbocycles. The van der Waals surface area contributed by atoms with Crippen molar-refractivity contribution in [3.63, 3.8) is 0 Å². The SMILES string of the molecule is CC(N[C@@H](CO)Cc1ccccc1)c1sccc1Br. The molecule has 1 aromatic heterocycles. The largest absolute Gasteiger partial charge is 0.395 e. The van der Waals surface area contributed by atoms with Gasteiger partial charge in [0.05, 0.1) is 6.61 Å². The molecule has 2 N–H and O–H groups in total. The Morgan fingerprint density at radius 2 is 2.00 bits per heavy atom. The van der Waals surface area contributed by atoms with Gasteiger partial charge in [-0.25, -0.2) is 0 Å². The molecule has 0 fully saturated rings. The smallest absolute Gasteiger partial charge is 0.0588 e. The summed E-state index contributed by atoms with van der Waals surface area (Å²) >= 11 is 5.28. The second-order valence-corrected chi connectivity index (χ2v) is 6.39. The van der Waals surface area contributed by atoms with Gasteiger partial charge in [-0.05, 0) is 46.3 Å². The van der Waals surface area contributed by atoms with E-state index in [-0.39, 0.29) is 18.7 Å². The third kappa shape index (κ3) is 4.14. The lowest BCUT2D eigenvalue weighted by Crippen LogP contribution is -2.36. The van der Waals surface area contributed by atoms with Gasteiger partial charge in [-0.1, -0.05) is 30.3 Å². The molecule has 2 atom stereocenters. The van der Waals surface area contributed by atoms with Crippen LogP contribution in [0.15, 0.2) is 46.3 Å². The lowest BCUT2D eigenvalue weighted by atomic mass is 10.1. The highest BCUT2D eigenvalue weighted by Crippen LogP contribution is 2.29. The number of halogens is 1. The van der Waals surface area contributed by atoms with E-state index >= 15 is 0 Å². The molecular weight excluding hydrogens is 322 g/mol. The zero-order valence-electron chi connectivity index (χ0n) is 10.8. The maximum atomic E-state index is 9.53. The maximum absolute atomic E-state index is 9.53. The number of thiophene rings is 1. The minimum absolute atomic E-state index is 0.0754. The van der Waals surface area contributed by atoms with Gasteiger partial charge >= 0.3 is 0 Å². The van der Waals surface area contributed by atoms with Crippen molar-refractivity contribution in [3.05, 3.63) is 56.7 Å². The van der Waals surface area contributed by atoms with Crippen molar-refractivity contribution in [1.29, 1.82) is 0 Å². The fourth-order valence-corrected chi connectivity index (χ4v) is 3.85. The van der Waals surface area contributed by atoms with Gasteiger partial charge in [0.25, 0.3) is 0 Å². The quantitative estimate of drug-likeness (QED) is 0.839. The van der Waals surface area contributed by atoms with E-state index in [2.05, 4.69) is 51.7 Å². The molecule has 4 heteroatoms. The molecule has 2 nitrogen and oxygen atoms in total. The Morgan fingerprint density at radius 1 is 1.26 bits per heavy atom. The molecule has 0 saturated heterocycles. The van der Waals surface area contributed by atoms with Crippen LogP contribution in [0.3, 0.4) is 0 Å². The first-order valence-electron chi connectivity index (χ1n) is 6.34. The number of nitrogens with one attached hydrogen (secondary N) is 1. The van der Waals surface area contributed by atoms with Gasteiger partial charge in [0.15, 0.2) is 0 Å². The Labute approximate surface area is 126 Å². The zero-order chi connectivity index (χ0) is 13.7. The molecule has 1 aromatic carbocycles. The van der Waals surface area contributed by atoms with Gasteiger partial charge in [-0.15, -0.1) is 11.3 Å². The van der Waals surface area contributed by atoms with Gasteiger partial charge in [0, 0.05) is 21.4 Å². The summed E-state index contributed by atoms with van der Waals surface area (Å²) in [7, 11) is 0. The van der Waals surface area contributed by atoms with Gasteiger partial charge in [-0.3, -0.25) is 0 Å². The number of hydrogen-bond acceptors (Lipinski definition) is 3. The molecule has 0 saturated carbocycles.